The van der Waals surface area contributed by atoms with E-state index in [1.165, 1.54) is 6.92 Å². The Labute approximate surface area is 276 Å². The number of carbonyl (C=O) groups excluding carboxylic acids is 4. The van der Waals surface area contributed by atoms with Gasteiger partial charge in [-0.3, -0.25) is 19.2 Å². The van der Waals surface area contributed by atoms with Crippen molar-refractivity contribution in [2.75, 3.05) is 19.0 Å². The summed E-state index contributed by atoms with van der Waals surface area (Å²) < 4.78 is 33.0. The number of ether oxygens (including phenoxy) is 6. The van der Waals surface area contributed by atoms with Crippen LogP contribution in [0.2, 0.25) is 0 Å². The monoisotopic (exact) mass is 666 g/mol. The van der Waals surface area contributed by atoms with Gasteiger partial charge in [0.1, 0.15) is 18.5 Å². The highest BCUT2D eigenvalue weighted by Crippen LogP contribution is 2.30. The number of rotatable bonds is 10. The Morgan fingerprint density at radius 3 is 1.98 bits per heavy atom. The molecule has 15 heteroatoms. The summed E-state index contributed by atoms with van der Waals surface area (Å²) in [6.45, 7) is 4.22. The molecule has 1 fully saturated rings. The van der Waals surface area contributed by atoms with Crippen molar-refractivity contribution >= 4 is 47.2 Å². The predicted octanol–water partition coefficient (Wildman–Crippen LogP) is 3.19. The molecule has 14 nitrogen and oxygen atoms in total. The smallest absolute Gasteiger partial charge is 0.303 e. The van der Waals surface area contributed by atoms with E-state index in [4.69, 9.17) is 40.6 Å². The minimum atomic E-state index is -1.37. The van der Waals surface area contributed by atoms with Crippen molar-refractivity contribution in [3.8, 4) is 28.3 Å². The first-order valence-corrected chi connectivity index (χ1v) is 14.8. The van der Waals surface area contributed by atoms with E-state index in [0.717, 1.165) is 31.9 Å². The van der Waals surface area contributed by atoms with Gasteiger partial charge in [-0.2, -0.15) is 0 Å². The van der Waals surface area contributed by atoms with Gasteiger partial charge in [-0.15, -0.1) is 0 Å². The van der Waals surface area contributed by atoms with Gasteiger partial charge in [0.25, 0.3) is 0 Å². The summed E-state index contributed by atoms with van der Waals surface area (Å²) >= 11 is 5.59. The van der Waals surface area contributed by atoms with E-state index in [1.807, 2.05) is 60.7 Å². The Kier molecular flexibility index (Phi) is 11.8. The largest absolute Gasteiger partial charge is 0.497 e. The standard InChI is InChI=1S/C32H34N4O10S/c1-17(37)42-16-26-27(43-18(2)38)28(44-19(3)39)29(45-20(4)40)30(46-26)35-32(47)36-31-33-24(21-10-7-6-8-11-21)15-25(34-31)22-12-9-13-23(14-22)41-5/h6-15,26-30H,16H2,1-5H3,(H2,33,34,35,36,47). The molecular formula is C32H34N4O10S. The number of hydrogen-bond acceptors (Lipinski definition) is 13. The molecular weight excluding hydrogens is 632 g/mol. The Balaban J connectivity index is 1.68. The maximum Gasteiger partial charge on any atom is 0.303 e. The summed E-state index contributed by atoms with van der Waals surface area (Å²) in [5.74, 6) is -2.12. The van der Waals surface area contributed by atoms with E-state index in [2.05, 4.69) is 20.6 Å². The number of benzene rings is 2. The first-order chi connectivity index (χ1) is 22.4. The summed E-state index contributed by atoms with van der Waals surface area (Å²) in [6, 6.07) is 18.6. The molecule has 2 aromatic carbocycles. The number of nitrogens with one attached hydrogen (secondary N) is 2. The van der Waals surface area contributed by atoms with E-state index in [0.29, 0.717) is 17.1 Å². The lowest BCUT2D eigenvalue weighted by atomic mass is 9.97. The van der Waals surface area contributed by atoms with Gasteiger partial charge in [0, 0.05) is 38.8 Å². The molecule has 0 radical (unpaired) electrons. The van der Waals surface area contributed by atoms with Crippen molar-refractivity contribution in [3.63, 3.8) is 0 Å². The average Bonchev–Trinajstić information content (AvgIpc) is 3.02. The number of methoxy groups -OCH3 is 1. The van der Waals surface area contributed by atoms with E-state index in [9.17, 15) is 19.2 Å². The molecule has 1 aliphatic rings. The topological polar surface area (TPSA) is 174 Å². The summed E-state index contributed by atoms with van der Waals surface area (Å²) in [6.07, 6.45) is -6.48. The number of hydrogen-bond donors (Lipinski definition) is 2. The molecule has 248 valence electrons. The lowest BCUT2D eigenvalue weighted by molar-refractivity contribution is -0.254. The molecule has 3 aromatic rings. The molecule has 0 saturated carbocycles. The van der Waals surface area contributed by atoms with Crippen molar-refractivity contribution in [2.24, 2.45) is 0 Å². The molecule has 0 amide bonds. The number of esters is 4. The van der Waals surface area contributed by atoms with Crippen molar-refractivity contribution in [3.05, 3.63) is 60.7 Å². The van der Waals surface area contributed by atoms with Crippen LogP contribution in [0.5, 0.6) is 5.75 Å². The minimum Gasteiger partial charge on any atom is -0.497 e. The zero-order valence-corrected chi connectivity index (χ0v) is 27.1. The highest BCUT2D eigenvalue weighted by molar-refractivity contribution is 7.80. The Morgan fingerprint density at radius 2 is 1.36 bits per heavy atom. The molecule has 2 heterocycles. The number of aromatic nitrogens is 2. The minimum absolute atomic E-state index is 0.0623. The fourth-order valence-corrected chi connectivity index (χ4v) is 5.01. The summed E-state index contributed by atoms with van der Waals surface area (Å²) in [5.41, 5.74) is 2.73. The van der Waals surface area contributed by atoms with Crippen LogP contribution in [0.15, 0.2) is 60.7 Å². The van der Waals surface area contributed by atoms with Crippen molar-refractivity contribution < 1.29 is 47.6 Å². The highest BCUT2D eigenvalue weighted by Gasteiger charge is 2.52. The lowest BCUT2D eigenvalue weighted by Crippen LogP contribution is -2.66. The molecule has 0 aliphatic carbocycles. The van der Waals surface area contributed by atoms with Gasteiger partial charge in [-0.05, 0) is 30.4 Å². The van der Waals surface area contributed by atoms with Crippen LogP contribution >= 0.6 is 12.2 Å². The fourth-order valence-electron chi connectivity index (χ4n) is 4.80. The second-order valence-corrected chi connectivity index (χ2v) is 10.7. The van der Waals surface area contributed by atoms with Crippen LogP contribution in [-0.4, -0.2) is 83.3 Å². The zero-order chi connectivity index (χ0) is 34.1. The molecule has 2 N–H and O–H groups in total. The van der Waals surface area contributed by atoms with Gasteiger partial charge in [0.2, 0.25) is 5.95 Å². The van der Waals surface area contributed by atoms with Gasteiger partial charge in [0.05, 0.1) is 18.5 Å². The molecule has 47 heavy (non-hydrogen) atoms. The summed E-state index contributed by atoms with van der Waals surface area (Å²) in [7, 11) is 1.57. The van der Waals surface area contributed by atoms with Crippen LogP contribution in [0.1, 0.15) is 27.7 Å². The molecule has 4 rings (SSSR count). The second kappa shape index (κ2) is 15.9. The van der Waals surface area contributed by atoms with E-state index in [1.54, 1.807) is 7.11 Å². The maximum absolute atomic E-state index is 12.2. The Hall–Kier alpha value is -5.15. The molecule has 0 spiro atoms. The zero-order valence-electron chi connectivity index (χ0n) is 26.3. The van der Waals surface area contributed by atoms with Crippen LogP contribution in [0, 0.1) is 0 Å². The Morgan fingerprint density at radius 1 is 0.766 bits per heavy atom. The van der Waals surface area contributed by atoms with Crippen LogP contribution in [0.4, 0.5) is 5.95 Å². The van der Waals surface area contributed by atoms with Gasteiger partial charge >= 0.3 is 23.9 Å². The molecule has 5 unspecified atom stereocenters. The van der Waals surface area contributed by atoms with Gasteiger partial charge in [-0.25, -0.2) is 9.97 Å². The maximum atomic E-state index is 12.2. The van der Waals surface area contributed by atoms with Gasteiger partial charge in [-0.1, -0.05) is 42.5 Å². The van der Waals surface area contributed by atoms with Crippen LogP contribution in [0.25, 0.3) is 22.5 Å². The third-order valence-corrected chi connectivity index (χ3v) is 6.87. The molecule has 1 saturated heterocycles. The van der Waals surface area contributed by atoms with Gasteiger partial charge in [0.15, 0.2) is 29.7 Å². The summed E-state index contributed by atoms with van der Waals surface area (Å²) in [4.78, 5) is 57.3. The van der Waals surface area contributed by atoms with E-state index >= 15 is 0 Å². The number of carbonyl (C=O) groups is 4. The normalized spacial score (nSPS) is 20.2. The third-order valence-electron chi connectivity index (χ3n) is 6.65. The molecule has 1 aliphatic heterocycles. The average molecular weight is 667 g/mol. The predicted molar refractivity (Wildman–Crippen MR) is 171 cm³/mol. The first kappa shape index (κ1) is 34.7. The van der Waals surface area contributed by atoms with Crippen molar-refractivity contribution in [2.45, 2.75) is 58.3 Å². The van der Waals surface area contributed by atoms with Crippen molar-refractivity contribution in [1.82, 2.24) is 15.3 Å². The SMILES string of the molecule is COc1cccc(-c2cc(-c3ccccc3)nc(NC(=S)NC3OC(COC(C)=O)C(OC(C)=O)C(OC(C)=O)C3OC(C)=O)n2)c1. The van der Waals surface area contributed by atoms with Crippen LogP contribution < -0.4 is 15.4 Å². The lowest BCUT2D eigenvalue weighted by Gasteiger charge is -2.44. The fraction of sp³-hybridized carbons (Fsp3) is 0.344. The van der Waals surface area contributed by atoms with Crippen LogP contribution in [-0.2, 0) is 42.9 Å². The van der Waals surface area contributed by atoms with Crippen molar-refractivity contribution in [1.29, 1.82) is 0 Å². The number of thiocarbonyl (C=S) groups is 1. The van der Waals surface area contributed by atoms with Gasteiger partial charge < -0.3 is 39.1 Å². The summed E-state index contributed by atoms with van der Waals surface area (Å²) in [5, 5.41) is 5.78. The highest BCUT2D eigenvalue weighted by atomic mass is 32.1. The Bertz CT molecular complexity index is 1620. The number of anilines is 1. The molecule has 0 bridgehead atoms. The quantitative estimate of drug-likeness (QED) is 0.183. The molecule has 5 atom stereocenters. The number of nitrogens with zero attached hydrogens (tertiary/aromatic N) is 2. The van der Waals surface area contributed by atoms with E-state index < -0.39 is 54.5 Å². The van der Waals surface area contributed by atoms with Crippen LogP contribution in [0.3, 0.4) is 0 Å². The first-order valence-electron chi connectivity index (χ1n) is 14.4. The second-order valence-electron chi connectivity index (χ2n) is 10.3. The third kappa shape index (κ3) is 9.67. The van der Waals surface area contributed by atoms with E-state index in [-0.39, 0.29) is 17.7 Å². The molecule has 1 aromatic heterocycles.